The lowest BCUT2D eigenvalue weighted by Gasteiger charge is -2.18. The van der Waals surface area contributed by atoms with E-state index in [-0.39, 0.29) is 23.6 Å². The zero-order chi connectivity index (χ0) is 17.0. The third kappa shape index (κ3) is 3.96. The van der Waals surface area contributed by atoms with Gasteiger partial charge in [0.25, 0.3) is 0 Å². The molecule has 0 aliphatic heterocycles. The fourth-order valence-electron chi connectivity index (χ4n) is 2.27. The van der Waals surface area contributed by atoms with Crippen LogP contribution in [0.1, 0.15) is 29.8 Å². The van der Waals surface area contributed by atoms with Gasteiger partial charge in [0.15, 0.2) is 0 Å². The smallest absolute Gasteiger partial charge is 0.229 e. The van der Waals surface area contributed by atoms with Gasteiger partial charge in [-0.1, -0.05) is 5.16 Å². The van der Waals surface area contributed by atoms with Crippen molar-refractivity contribution in [2.45, 2.75) is 26.3 Å². The maximum absolute atomic E-state index is 12.2. The topological polar surface area (TPSA) is 73.6 Å². The Balaban J connectivity index is 2.12. The number of ether oxygens (including phenoxy) is 2. The van der Waals surface area contributed by atoms with Gasteiger partial charge in [-0.15, -0.1) is 0 Å². The monoisotopic (exact) mass is 338 g/mol. The van der Waals surface area contributed by atoms with E-state index in [1.54, 1.807) is 33.3 Å². The first kappa shape index (κ1) is 17.1. The summed E-state index contributed by atoms with van der Waals surface area (Å²) in [6, 6.07) is 5.18. The number of aromatic nitrogens is 1. The van der Waals surface area contributed by atoms with Crippen LogP contribution in [0.4, 0.5) is 0 Å². The summed E-state index contributed by atoms with van der Waals surface area (Å²) in [5.41, 5.74) is 2.03. The third-order valence-electron chi connectivity index (χ3n) is 3.55. The highest BCUT2D eigenvalue weighted by atomic mass is 35.5. The summed E-state index contributed by atoms with van der Waals surface area (Å²) in [6.45, 7) is 3.61. The Labute approximate surface area is 139 Å². The van der Waals surface area contributed by atoms with Crippen LogP contribution in [-0.2, 0) is 11.2 Å². The van der Waals surface area contributed by atoms with Crippen LogP contribution in [0.2, 0.25) is 5.22 Å². The molecule has 124 valence electrons. The number of nitrogens with one attached hydrogen (secondary N) is 1. The van der Waals surface area contributed by atoms with Gasteiger partial charge in [0, 0.05) is 11.1 Å². The van der Waals surface area contributed by atoms with Crippen molar-refractivity contribution in [3.05, 3.63) is 40.2 Å². The van der Waals surface area contributed by atoms with Crippen molar-refractivity contribution >= 4 is 17.5 Å². The van der Waals surface area contributed by atoms with E-state index in [1.165, 1.54) is 0 Å². The van der Waals surface area contributed by atoms with E-state index in [4.69, 9.17) is 25.6 Å². The molecular weight excluding hydrogens is 320 g/mol. The molecule has 0 aliphatic carbocycles. The summed E-state index contributed by atoms with van der Waals surface area (Å²) in [7, 11) is 3.17. The van der Waals surface area contributed by atoms with Gasteiger partial charge in [-0.25, -0.2) is 0 Å². The quantitative estimate of drug-likeness (QED) is 0.876. The molecule has 0 saturated heterocycles. The molecule has 2 aromatic rings. The summed E-state index contributed by atoms with van der Waals surface area (Å²) in [5.74, 6) is 1.19. The van der Waals surface area contributed by atoms with Crippen molar-refractivity contribution < 1.29 is 18.8 Å². The molecule has 1 aromatic heterocycles. The first-order valence-corrected chi connectivity index (χ1v) is 7.46. The number of amides is 1. The summed E-state index contributed by atoms with van der Waals surface area (Å²) in [4.78, 5) is 12.2. The highest BCUT2D eigenvalue weighted by Crippen LogP contribution is 2.29. The van der Waals surface area contributed by atoms with Crippen molar-refractivity contribution in [2.75, 3.05) is 14.2 Å². The van der Waals surface area contributed by atoms with E-state index in [0.29, 0.717) is 22.8 Å². The summed E-state index contributed by atoms with van der Waals surface area (Å²) in [5, 5.41) is 6.79. The minimum atomic E-state index is -0.258. The molecule has 2 rings (SSSR count). The zero-order valence-corrected chi connectivity index (χ0v) is 14.2. The van der Waals surface area contributed by atoms with E-state index >= 15 is 0 Å². The molecule has 0 spiro atoms. The number of benzene rings is 1. The van der Waals surface area contributed by atoms with Crippen molar-refractivity contribution in [1.82, 2.24) is 10.5 Å². The highest BCUT2D eigenvalue weighted by Gasteiger charge is 2.19. The second-order valence-corrected chi connectivity index (χ2v) is 5.44. The minimum Gasteiger partial charge on any atom is -0.497 e. The van der Waals surface area contributed by atoms with Crippen LogP contribution in [0.25, 0.3) is 0 Å². The number of hydrogen-bond donors (Lipinski definition) is 1. The third-order valence-corrected chi connectivity index (χ3v) is 3.85. The fourth-order valence-corrected chi connectivity index (χ4v) is 2.51. The number of carbonyl (C=O) groups excluding carboxylic acids is 1. The number of halogens is 1. The number of methoxy groups -OCH3 is 2. The van der Waals surface area contributed by atoms with Crippen LogP contribution in [0.5, 0.6) is 11.5 Å². The number of carbonyl (C=O) groups is 1. The summed E-state index contributed by atoms with van der Waals surface area (Å²) >= 11 is 5.88. The van der Waals surface area contributed by atoms with Gasteiger partial charge < -0.3 is 19.3 Å². The molecule has 6 nitrogen and oxygen atoms in total. The van der Waals surface area contributed by atoms with Crippen LogP contribution in [0.15, 0.2) is 22.7 Å². The van der Waals surface area contributed by atoms with E-state index in [2.05, 4.69) is 10.5 Å². The maximum atomic E-state index is 12.2. The summed E-state index contributed by atoms with van der Waals surface area (Å²) in [6.07, 6.45) is 0.102. The van der Waals surface area contributed by atoms with Crippen molar-refractivity contribution in [3.8, 4) is 11.5 Å². The Hall–Kier alpha value is -2.21. The van der Waals surface area contributed by atoms with Crippen LogP contribution in [-0.4, -0.2) is 25.3 Å². The number of hydrogen-bond acceptors (Lipinski definition) is 5. The Morgan fingerprint density at radius 1 is 1.39 bits per heavy atom. The average Bonchev–Trinajstić information content (AvgIpc) is 2.85. The summed E-state index contributed by atoms with van der Waals surface area (Å²) < 4.78 is 15.4. The average molecular weight is 339 g/mol. The van der Waals surface area contributed by atoms with Crippen molar-refractivity contribution in [1.29, 1.82) is 0 Å². The second kappa shape index (κ2) is 7.37. The predicted octanol–water partition coefficient (Wildman–Crippen LogP) is 3.07. The van der Waals surface area contributed by atoms with E-state index in [0.717, 1.165) is 5.56 Å². The van der Waals surface area contributed by atoms with E-state index in [9.17, 15) is 4.79 Å². The van der Waals surface area contributed by atoms with E-state index < -0.39 is 0 Å². The Morgan fingerprint density at radius 3 is 2.70 bits per heavy atom. The number of nitrogens with zero attached hydrogens (tertiary/aromatic N) is 1. The van der Waals surface area contributed by atoms with E-state index in [1.807, 2.05) is 13.0 Å². The molecule has 23 heavy (non-hydrogen) atoms. The highest BCUT2D eigenvalue weighted by molar-refractivity contribution is 6.29. The Bertz CT molecular complexity index is 680. The first-order chi connectivity index (χ1) is 11.0. The van der Waals surface area contributed by atoms with Gasteiger partial charge in [0.1, 0.15) is 11.5 Å². The lowest BCUT2D eigenvalue weighted by Crippen LogP contribution is -2.28. The van der Waals surface area contributed by atoms with Gasteiger partial charge >= 0.3 is 0 Å². The van der Waals surface area contributed by atoms with Gasteiger partial charge in [0.05, 0.1) is 32.4 Å². The van der Waals surface area contributed by atoms with Crippen LogP contribution >= 0.6 is 11.6 Å². The standard InChI is InChI=1S/C16H19ClN2O4/c1-9(12-7-11(21-3)5-6-14(12)22-4)18-15(20)8-13-10(2)19-23-16(13)17/h5-7,9H,8H2,1-4H3,(H,18,20)/t9-/m0/s1. The molecule has 0 unspecified atom stereocenters. The van der Waals surface area contributed by atoms with Crippen LogP contribution in [0.3, 0.4) is 0 Å². The molecule has 7 heteroatoms. The predicted molar refractivity (Wildman–Crippen MR) is 86.1 cm³/mol. The Kier molecular flexibility index (Phi) is 5.50. The molecule has 1 N–H and O–H groups in total. The number of aryl methyl sites for hydroxylation is 1. The first-order valence-electron chi connectivity index (χ1n) is 7.08. The second-order valence-electron chi connectivity index (χ2n) is 5.09. The fraction of sp³-hybridized carbons (Fsp3) is 0.375. The largest absolute Gasteiger partial charge is 0.497 e. The zero-order valence-electron chi connectivity index (χ0n) is 13.5. The van der Waals surface area contributed by atoms with Gasteiger partial charge in [-0.3, -0.25) is 4.79 Å². The molecule has 0 radical (unpaired) electrons. The lowest BCUT2D eigenvalue weighted by molar-refractivity contribution is -0.121. The Morgan fingerprint density at radius 2 is 2.13 bits per heavy atom. The SMILES string of the molecule is COc1ccc(OC)c([C@H](C)NC(=O)Cc2c(C)noc2Cl)c1. The van der Waals surface area contributed by atoms with Crippen molar-refractivity contribution in [3.63, 3.8) is 0 Å². The molecule has 1 atom stereocenters. The van der Waals surface area contributed by atoms with Gasteiger partial charge in [-0.2, -0.15) is 0 Å². The molecule has 1 aromatic carbocycles. The molecule has 0 aliphatic rings. The van der Waals surface area contributed by atoms with Crippen molar-refractivity contribution in [2.24, 2.45) is 0 Å². The van der Waals surface area contributed by atoms with Gasteiger partial charge in [0.2, 0.25) is 11.1 Å². The van der Waals surface area contributed by atoms with Gasteiger partial charge in [-0.05, 0) is 43.6 Å². The molecule has 1 heterocycles. The minimum absolute atomic E-state index is 0.102. The maximum Gasteiger partial charge on any atom is 0.229 e. The molecule has 0 saturated carbocycles. The van der Waals surface area contributed by atoms with Crippen LogP contribution < -0.4 is 14.8 Å². The lowest BCUT2D eigenvalue weighted by atomic mass is 10.1. The van der Waals surface area contributed by atoms with Crippen LogP contribution in [0, 0.1) is 6.92 Å². The molecule has 0 fully saturated rings. The normalized spacial score (nSPS) is 11.9. The molecule has 0 bridgehead atoms. The number of rotatable bonds is 6. The molecular formula is C16H19ClN2O4. The molecule has 1 amide bonds.